The smallest absolute Gasteiger partial charge is 0.119 e. The van der Waals surface area contributed by atoms with E-state index in [2.05, 4.69) is 17.4 Å². The van der Waals surface area contributed by atoms with Gasteiger partial charge in [0.15, 0.2) is 0 Å². The Morgan fingerprint density at radius 1 is 1.33 bits per heavy atom. The number of rotatable bonds is 7. The minimum atomic E-state index is 0.0598. The number of aliphatic hydroxyl groups is 1. The maximum absolute atomic E-state index is 8.56. The van der Waals surface area contributed by atoms with E-state index < -0.39 is 0 Å². The minimum Gasteiger partial charge on any atom is -0.491 e. The quantitative estimate of drug-likeness (QED) is 0.717. The van der Waals surface area contributed by atoms with Gasteiger partial charge in [0.05, 0.1) is 19.8 Å². The number of ether oxygens (including phenoxy) is 2. The van der Waals surface area contributed by atoms with Crippen LogP contribution in [-0.2, 0) is 11.2 Å². The number of aryl methyl sites for hydroxylation is 1. The molecule has 2 N–H and O–H groups in total. The predicted molar refractivity (Wildman–Crippen MR) is 70.0 cm³/mol. The standard InChI is InChI=1S/C14H21NO3/c1-15-14-5-2-11-10-12(3-4-13(11)14)18-9-8-17-7-6-16/h3-4,10,14-16H,2,5-9H2,1H3. The summed E-state index contributed by atoms with van der Waals surface area (Å²) in [7, 11) is 2.00. The van der Waals surface area contributed by atoms with Gasteiger partial charge in [-0.15, -0.1) is 0 Å². The summed E-state index contributed by atoms with van der Waals surface area (Å²) >= 11 is 0. The zero-order valence-electron chi connectivity index (χ0n) is 10.8. The second-order valence-electron chi connectivity index (χ2n) is 4.42. The fraction of sp³-hybridized carbons (Fsp3) is 0.571. The molecular weight excluding hydrogens is 230 g/mol. The van der Waals surface area contributed by atoms with Gasteiger partial charge >= 0.3 is 0 Å². The number of hydrogen-bond acceptors (Lipinski definition) is 4. The van der Waals surface area contributed by atoms with Gasteiger partial charge in [0.25, 0.3) is 0 Å². The summed E-state index contributed by atoms with van der Waals surface area (Å²) in [5.41, 5.74) is 2.77. The molecule has 18 heavy (non-hydrogen) atoms. The van der Waals surface area contributed by atoms with Gasteiger partial charge in [-0.3, -0.25) is 0 Å². The maximum atomic E-state index is 8.56. The van der Waals surface area contributed by atoms with Crippen molar-refractivity contribution in [3.05, 3.63) is 29.3 Å². The molecule has 0 fully saturated rings. The fourth-order valence-corrected chi connectivity index (χ4v) is 2.37. The van der Waals surface area contributed by atoms with Gasteiger partial charge in [-0.25, -0.2) is 0 Å². The lowest BCUT2D eigenvalue weighted by Crippen LogP contribution is -2.12. The number of nitrogens with one attached hydrogen (secondary N) is 1. The Kier molecular flexibility index (Phi) is 4.99. The minimum absolute atomic E-state index is 0.0598. The third-order valence-corrected chi connectivity index (χ3v) is 3.27. The van der Waals surface area contributed by atoms with Crippen LogP contribution in [0.3, 0.4) is 0 Å². The Morgan fingerprint density at radius 2 is 2.22 bits per heavy atom. The van der Waals surface area contributed by atoms with Crippen LogP contribution in [0.15, 0.2) is 18.2 Å². The summed E-state index contributed by atoms with van der Waals surface area (Å²) in [5, 5.41) is 11.9. The topological polar surface area (TPSA) is 50.7 Å². The van der Waals surface area contributed by atoms with Crippen molar-refractivity contribution in [2.75, 3.05) is 33.5 Å². The molecule has 1 aromatic carbocycles. The number of fused-ring (bicyclic) bond motifs is 1. The molecule has 0 saturated heterocycles. The molecule has 100 valence electrons. The van der Waals surface area contributed by atoms with Crippen molar-refractivity contribution in [3.63, 3.8) is 0 Å². The van der Waals surface area contributed by atoms with Crippen LogP contribution >= 0.6 is 0 Å². The van der Waals surface area contributed by atoms with E-state index >= 15 is 0 Å². The van der Waals surface area contributed by atoms with E-state index in [1.54, 1.807) is 0 Å². The van der Waals surface area contributed by atoms with Crippen LogP contribution in [-0.4, -0.2) is 38.6 Å². The first-order chi connectivity index (χ1) is 8.85. The highest BCUT2D eigenvalue weighted by Gasteiger charge is 2.20. The van der Waals surface area contributed by atoms with Crippen LogP contribution in [0.2, 0.25) is 0 Å². The molecule has 1 atom stereocenters. The summed E-state index contributed by atoms with van der Waals surface area (Å²) in [6.07, 6.45) is 2.27. The highest BCUT2D eigenvalue weighted by molar-refractivity contribution is 5.40. The molecule has 1 unspecified atom stereocenters. The van der Waals surface area contributed by atoms with Crippen molar-refractivity contribution in [1.82, 2.24) is 5.32 Å². The lowest BCUT2D eigenvalue weighted by molar-refractivity contribution is 0.0705. The number of aliphatic hydroxyl groups excluding tert-OH is 1. The predicted octanol–water partition coefficient (Wildman–Crippen LogP) is 1.28. The molecule has 0 spiro atoms. The molecule has 0 aliphatic heterocycles. The first-order valence-electron chi connectivity index (χ1n) is 6.46. The van der Waals surface area contributed by atoms with E-state index in [9.17, 15) is 0 Å². The van der Waals surface area contributed by atoms with Gasteiger partial charge in [-0.2, -0.15) is 0 Å². The van der Waals surface area contributed by atoms with Gasteiger partial charge in [0.2, 0.25) is 0 Å². The molecule has 0 radical (unpaired) electrons. The molecule has 1 aliphatic rings. The highest BCUT2D eigenvalue weighted by atomic mass is 16.5. The van der Waals surface area contributed by atoms with Crippen molar-refractivity contribution >= 4 is 0 Å². The van der Waals surface area contributed by atoms with E-state index in [1.807, 2.05) is 13.1 Å². The molecule has 4 heteroatoms. The van der Waals surface area contributed by atoms with Gasteiger partial charge in [-0.05, 0) is 43.1 Å². The molecule has 0 amide bonds. The van der Waals surface area contributed by atoms with Crippen molar-refractivity contribution in [3.8, 4) is 5.75 Å². The van der Waals surface area contributed by atoms with Crippen LogP contribution in [0, 0.1) is 0 Å². The summed E-state index contributed by atoms with van der Waals surface area (Å²) in [6.45, 7) is 1.46. The summed E-state index contributed by atoms with van der Waals surface area (Å²) in [5.74, 6) is 0.901. The Morgan fingerprint density at radius 3 is 3.00 bits per heavy atom. The van der Waals surface area contributed by atoms with E-state index in [0.717, 1.165) is 18.6 Å². The van der Waals surface area contributed by atoms with Gasteiger partial charge < -0.3 is 19.9 Å². The molecular formula is C14H21NO3. The lowest BCUT2D eigenvalue weighted by atomic mass is 10.1. The molecule has 2 rings (SSSR count). The normalized spacial score (nSPS) is 17.8. The fourth-order valence-electron chi connectivity index (χ4n) is 2.37. The Labute approximate surface area is 108 Å². The van der Waals surface area contributed by atoms with Gasteiger partial charge in [-0.1, -0.05) is 6.07 Å². The molecule has 1 aromatic rings. The largest absolute Gasteiger partial charge is 0.491 e. The van der Waals surface area contributed by atoms with Gasteiger partial charge in [0, 0.05) is 6.04 Å². The average Bonchev–Trinajstić information content (AvgIpc) is 2.80. The van der Waals surface area contributed by atoms with Crippen molar-refractivity contribution < 1.29 is 14.6 Å². The zero-order valence-corrected chi connectivity index (χ0v) is 10.8. The maximum Gasteiger partial charge on any atom is 0.119 e. The monoisotopic (exact) mass is 251 g/mol. The summed E-state index contributed by atoms with van der Waals surface area (Å²) < 4.78 is 10.8. The molecule has 0 saturated carbocycles. The summed E-state index contributed by atoms with van der Waals surface area (Å²) in [6, 6.07) is 6.77. The zero-order chi connectivity index (χ0) is 12.8. The van der Waals surface area contributed by atoms with Crippen LogP contribution in [0.4, 0.5) is 0 Å². The number of benzene rings is 1. The van der Waals surface area contributed by atoms with Crippen molar-refractivity contribution in [2.24, 2.45) is 0 Å². The Hall–Kier alpha value is -1.10. The first kappa shape index (κ1) is 13.3. The second kappa shape index (κ2) is 6.73. The second-order valence-corrected chi connectivity index (χ2v) is 4.42. The lowest BCUT2D eigenvalue weighted by Gasteiger charge is -2.11. The van der Waals surface area contributed by atoms with Gasteiger partial charge in [0.1, 0.15) is 12.4 Å². The van der Waals surface area contributed by atoms with E-state index in [1.165, 1.54) is 11.1 Å². The molecule has 1 aliphatic carbocycles. The van der Waals surface area contributed by atoms with E-state index in [4.69, 9.17) is 14.6 Å². The van der Waals surface area contributed by atoms with Crippen LogP contribution in [0.1, 0.15) is 23.6 Å². The average molecular weight is 251 g/mol. The summed E-state index contributed by atoms with van der Waals surface area (Å²) in [4.78, 5) is 0. The number of hydrogen-bond donors (Lipinski definition) is 2. The third-order valence-electron chi connectivity index (χ3n) is 3.27. The Balaban J connectivity index is 1.84. The van der Waals surface area contributed by atoms with Crippen molar-refractivity contribution in [1.29, 1.82) is 0 Å². The Bertz CT molecular complexity index is 381. The highest BCUT2D eigenvalue weighted by Crippen LogP contribution is 2.33. The molecule has 0 bridgehead atoms. The first-order valence-corrected chi connectivity index (χ1v) is 6.46. The molecule has 4 nitrogen and oxygen atoms in total. The van der Waals surface area contributed by atoms with E-state index in [0.29, 0.717) is 25.9 Å². The van der Waals surface area contributed by atoms with Crippen LogP contribution in [0.5, 0.6) is 5.75 Å². The molecule has 0 aromatic heterocycles. The van der Waals surface area contributed by atoms with Crippen LogP contribution < -0.4 is 10.1 Å². The van der Waals surface area contributed by atoms with Crippen molar-refractivity contribution in [2.45, 2.75) is 18.9 Å². The van der Waals surface area contributed by atoms with E-state index in [-0.39, 0.29) is 6.61 Å². The SMILES string of the molecule is CNC1CCc2cc(OCCOCCO)ccc21. The van der Waals surface area contributed by atoms with Crippen LogP contribution in [0.25, 0.3) is 0 Å². The molecule has 0 heterocycles. The third kappa shape index (κ3) is 3.22.